The van der Waals surface area contributed by atoms with Gasteiger partial charge in [-0.25, -0.2) is 9.13 Å². The van der Waals surface area contributed by atoms with E-state index >= 15 is 0 Å². The molecule has 0 fully saturated rings. The van der Waals surface area contributed by atoms with E-state index in [4.69, 9.17) is 37.0 Å². The molecule has 0 saturated heterocycles. The van der Waals surface area contributed by atoms with E-state index in [1.807, 2.05) is 0 Å². The zero-order valence-corrected chi connectivity index (χ0v) is 64.5. The molecule has 0 amide bonds. The van der Waals surface area contributed by atoms with Crippen molar-refractivity contribution in [1.82, 2.24) is 0 Å². The van der Waals surface area contributed by atoms with Crippen LogP contribution in [0.3, 0.4) is 0 Å². The predicted molar refractivity (Wildman–Crippen MR) is 395 cm³/mol. The summed E-state index contributed by atoms with van der Waals surface area (Å²) in [7, 11) is -9.92. The zero-order chi connectivity index (χ0) is 71.2. The van der Waals surface area contributed by atoms with Crippen LogP contribution in [0.15, 0.2) is 24.3 Å². The molecule has 0 spiro atoms. The fourth-order valence-corrected chi connectivity index (χ4v) is 13.1. The molecule has 19 heteroatoms. The molecule has 97 heavy (non-hydrogen) atoms. The van der Waals surface area contributed by atoms with Gasteiger partial charge < -0.3 is 33.8 Å². The van der Waals surface area contributed by atoms with Gasteiger partial charge in [-0.15, -0.1) is 0 Å². The molecule has 5 atom stereocenters. The molecule has 0 aliphatic heterocycles. The minimum Gasteiger partial charge on any atom is -0.462 e. The molecule has 0 bridgehead atoms. The van der Waals surface area contributed by atoms with Crippen LogP contribution in [0.4, 0.5) is 0 Å². The highest BCUT2D eigenvalue weighted by atomic mass is 31.2. The molecular formula is C78H148O17P2. The summed E-state index contributed by atoms with van der Waals surface area (Å²) < 4.78 is 68.4. The van der Waals surface area contributed by atoms with Crippen LogP contribution in [0.1, 0.15) is 388 Å². The standard InChI is InChI=1S/C78H148O17P2/c1-6-9-12-15-18-20-22-24-30-35-38-42-47-52-57-62-76(81)89-68-74(95-78(83)64-59-54-49-44-40-36-32-29-27-26-28-31-33-37-41-46-50-55-60-71(4)5)70-93-97(86,87)91-66-72(79)65-90-96(84,85)92-69-73(67-88-75(80)61-56-51-45-17-14-11-8-3)94-77(82)63-58-53-48-43-39-34-25-23-21-19-16-13-10-7-2/h20,22,24,30,71-74,79H,6-19,21,23,25-29,31-70H2,1-5H3,(H,84,85)(H,86,87)/b22-20-,30-24-/t72-,73+,74+/m0/s1. The number of aliphatic hydroxyl groups excluding tert-OH is 1. The SMILES string of the molecule is CCCCCC/C=C\C=C/CCCCCCCC(=O)OC[C@H](COP(=O)(O)OC[C@@H](O)COP(=O)(O)OC[C@@H](COC(=O)CCCCCCCCC)OC(=O)CCCCCCCCCCCCCCCC)OC(=O)CCCCCCCCCCCCCCCCCCCCC(C)C. The van der Waals surface area contributed by atoms with Crippen molar-refractivity contribution in [2.45, 2.75) is 406 Å². The van der Waals surface area contributed by atoms with Crippen LogP contribution < -0.4 is 0 Å². The number of carbonyl (C=O) groups excluding carboxylic acids is 4. The van der Waals surface area contributed by atoms with E-state index < -0.39 is 97.5 Å². The second-order valence-corrected chi connectivity index (χ2v) is 30.8. The Kier molecular flexibility index (Phi) is 68.8. The molecule has 0 aliphatic carbocycles. The van der Waals surface area contributed by atoms with Gasteiger partial charge in [-0.2, -0.15) is 0 Å². The number of unbranched alkanes of at least 4 members (excludes halogenated alkanes) is 45. The summed E-state index contributed by atoms with van der Waals surface area (Å²) in [5.74, 6) is -1.33. The number of allylic oxidation sites excluding steroid dienone is 4. The quantitative estimate of drug-likeness (QED) is 0.0169. The average Bonchev–Trinajstić information content (AvgIpc) is 1.27. The Morgan fingerprint density at radius 2 is 0.557 bits per heavy atom. The van der Waals surface area contributed by atoms with Gasteiger partial charge >= 0.3 is 39.5 Å². The summed E-state index contributed by atoms with van der Waals surface area (Å²) in [6, 6.07) is 0. The number of hydrogen-bond donors (Lipinski definition) is 3. The molecule has 3 N–H and O–H groups in total. The van der Waals surface area contributed by atoms with Crippen molar-refractivity contribution in [2.75, 3.05) is 39.6 Å². The highest BCUT2D eigenvalue weighted by molar-refractivity contribution is 7.47. The Balaban J connectivity index is 5.20. The first-order valence-electron chi connectivity index (χ1n) is 40.0. The minimum absolute atomic E-state index is 0.102. The van der Waals surface area contributed by atoms with E-state index in [9.17, 15) is 43.2 Å². The Hall–Kier alpha value is -2.46. The highest BCUT2D eigenvalue weighted by Crippen LogP contribution is 2.45. The Morgan fingerprint density at radius 1 is 0.320 bits per heavy atom. The average molecular weight is 1420 g/mol. The first kappa shape index (κ1) is 94.5. The van der Waals surface area contributed by atoms with Crippen LogP contribution >= 0.6 is 15.6 Å². The van der Waals surface area contributed by atoms with Crippen LogP contribution in [0.2, 0.25) is 0 Å². The van der Waals surface area contributed by atoms with Crippen molar-refractivity contribution in [2.24, 2.45) is 5.92 Å². The lowest BCUT2D eigenvalue weighted by molar-refractivity contribution is -0.161. The first-order valence-corrected chi connectivity index (χ1v) is 42.9. The summed E-state index contributed by atoms with van der Waals surface area (Å²) in [5, 5.41) is 10.6. The van der Waals surface area contributed by atoms with Gasteiger partial charge in [0.15, 0.2) is 12.2 Å². The van der Waals surface area contributed by atoms with E-state index in [1.54, 1.807) is 0 Å². The van der Waals surface area contributed by atoms with E-state index in [-0.39, 0.29) is 25.7 Å². The van der Waals surface area contributed by atoms with Crippen molar-refractivity contribution >= 4 is 39.5 Å². The number of ether oxygens (including phenoxy) is 4. The fourth-order valence-electron chi connectivity index (χ4n) is 11.5. The number of carbonyl (C=O) groups is 4. The molecule has 2 unspecified atom stereocenters. The second kappa shape index (κ2) is 70.6. The number of esters is 4. The molecule has 17 nitrogen and oxygen atoms in total. The summed E-state index contributed by atoms with van der Waals surface area (Å²) >= 11 is 0. The van der Waals surface area contributed by atoms with Crippen molar-refractivity contribution in [3.8, 4) is 0 Å². The second-order valence-electron chi connectivity index (χ2n) is 27.9. The number of phosphoric acid groups is 2. The zero-order valence-electron chi connectivity index (χ0n) is 62.7. The number of hydrogen-bond acceptors (Lipinski definition) is 15. The van der Waals surface area contributed by atoms with E-state index in [0.717, 1.165) is 128 Å². The van der Waals surface area contributed by atoms with Crippen LogP contribution in [-0.2, 0) is 65.4 Å². The van der Waals surface area contributed by atoms with Gasteiger partial charge in [0.2, 0.25) is 0 Å². The van der Waals surface area contributed by atoms with E-state index in [0.29, 0.717) is 25.7 Å². The molecule has 572 valence electrons. The fraction of sp³-hybridized carbons (Fsp3) is 0.897. The van der Waals surface area contributed by atoms with Gasteiger partial charge in [0.05, 0.1) is 26.4 Å². The van der Waals surface area contributed by atoms with Gasteiger partial charge in [-0.05, 0) is 57.3 Å². The maximum Gasteiger partial charge on any atom is 0.472 e. The Bertz CT molecular complexity index is 1950. The van der Waals surface area contributed by atoms with Crippen LogP contribution in [0.5, 0.6) is 0 Å². The summed E-state index contributed by atoms with van der Waals surface area (Å²) in [6.45, 7) is 7.23. The third-order valence-electron chi connectivity index (χ3n) is 17.7. The normalized spacial score (nSPS) is 14.1. The molecular weight excluding hydrogens is 1270 g/mol. The molecule has 0 aromatic carbocycles. The van der Waals surface area contributed by atoms with Crippen molar-refractivity contribution in [1.29, 1.82) is 0 Å². The lowest BCUT2D eigenvalue weighted by atomic mass is 10.0. The third kappa shape index (κ3) is 71.7. The number of phosphoric ester groups is 2. The van der Waals surface area contributed by atoms with Crippen LogP contribution in [0, 0.1) is 5.92 Å². The van der Waals surface area contributed by atoms with Crippen LogP contribution in [-0.4, -0.2) is 96.7 Å². The van der Waals surface area contributed by atoms with Crippen molar-refractivity contribution in [3.05, 3.63) is 24.3 Å². The molecule has 0 rings (SSSR count). The maximum atomic E-state index is 13.1. The van der Waals surface area contributed by atoms with Gasteiger partial charge in [0.1, 0.15) is 19.3 Å². The molecule has 0 saturated carbocycles. The van der Waals surface area contributed by atoms with Gasteiger partial charge in [0.25, 0.3) is 0 Å². The third-order valence-corrected chi connectivity index (χ3v) is 19.6. The smallest absolute Gasteiger partial charge is 0.462 e. The topological polar surface area (TPSA) is 237 Å². The summed E-state index contributed by atoms with van der Waals surface area (Å²) in [5.41, 5.74) is 0. The molecule has 0 aromatic rings. The van der Waals surface area contributed by atoms with Gasteiger partial charge in [-0.3, -0.25) is 37.3 Å². The molecule has 0 radical (unpaired) electrons. The van der Waals surface area contributed by atoms with Crippen molar-refractivity contribution < 1.29 is 80.2 Å². The maximum absolute atomic E-state index is 13.1. The minimum atomic E-state index is -4.96. The first-order chi connectivity index (χ1) is 47.0. The summed E-state index contributed by atoms with van der Waals surface area (Å²) in [6.07, 6.45) is 63.4. The number of rotatable bonds is 76. The summed E-state index contributed by atoms with van der Waals surface area (Å²) in [4.78, 5) is 72.7. The van der Waals surface area contributed by atoms with Crippen LogP contribution in [0.25, 0.3) is 0 Å². The Morgan fingerprint density at radius 3 is 0.845 bits per heavy atom. The lowest BCUT2D eigenvalue weighted by Crippen LogP contribution is -2.30. The van der Waals surface area contributed by atoms with E-state index in [2.05, 4.69) is 58.9 Å². The van der Waals surface area contributed by atoms with Gasteiger partial charge in [-0.1, -0.05) is 335 Å². The molecule has 0 aromatic heterocycles. The predicted octanol–water partition coefficient (Wildman–Crippen LogP) is 22.8. The lowest BCUT2D eigenvalue weighted by Gasteiger charge is -2.21. The largest absolute Gasteiger partial charge is 0.472 e. The number of aliphatic hydroxyl groups is 1. The highest BCUT2D eigenvalue weighted by Gasteiger charge is 2.30. The molecule has 0 heterocycles. The van der Waals surface area contributed by atoms with Gasteiger partial charge in [0, 0.05) is 25.7 Å². The van der Waals surface area contributed by atoms with E-state index in [1.165, 1.54) is 180 Å². The molecule has 0 aliphatic rings. The van der Waals surface area contributed by atoms with Crippen molar-refractivity contribution in [3.63, 3.8) is 0 Å². The monoisotopic (exact) mass is 1420 g/mol. The Labute approximate surface area is 592 Å².